The van der Waals surface area contributed by atoms with Gasteiger partial charge in [0.25, 0.3) is 0 Å². The predicted octanol–water partition coefficient (Wildman–Crippen LogP) is 1.90. The van der Waals surface area contributed by atoms with Gasteiger partial charge in [0.2, 0.25) is 5.91 Å². The number of imidazole rings is 1. The third kappa shape index (κ3) is 5.52. The number of alkyl carbamates (subject to hydrolysis) is 1. The third-order valence-electron chi connectivity index (χ3n) is 5.91. The first-order valence-corrected chi connectivity index (χ1v) is 11.2. The van der Waals surface area contributed by atoms with Crippen molar-refractivity contribution in [1.29, 1.82) is 0 Å². The number of carbonyl (C=O) groups is 4. The molecular weight excluding hydrogens is 468 g/mol. The van der Waals surface area contributed by atoms with E-state index in [1.807, 2.05) is 48.5 Å². The summed E-state index contributed by atoms with van der Waals surface area (Å²) in [4.78, 5) is 54.8. The second-order valence-electron chi connectivity index (χ2n) is 8.28. The second kappa shape index (κ2) is 10.7. The molecule has 0 unspecified atom stereocenters. The fourth-order valence-electron chi connectivity index (χ4n) is 4.25. The first kappa shape index (κ1) is 24.5. The summed E-state index contributed by atoms with van der Waals surface area (Å²) in [5, 5.41) is 23.2. The maximum Gasteiger partial charge on any atom is 0.407 e. The average Bonchev–Trinajstić information content (AvgIpc) is 3.47. The van der Waals surface area contributed by atoms with Gasteiger partial charge in [-0.25, -0.2) is 14.6 Å². The molecule has 0 spiro atoms. The van der Waals surface area contributed by atoms with Gasteiger partial charge in [-0.3, -0.25) is 9.59 Å². The molecule has 1 aliphatic carbocycles. The van der Waals surface area contributed by atoms with Crippen LogP contribution in [0, 0.1) is 0 Å². The van der Waals surface area contributed by atoms with E-state index in [1.54, 1.807) is 0 Å². The Morgan fingerprint density at radius 3 is 2.14 bits per heavy atom. The third-order valence-corrected chi connectivity index (χ3v) is 5.91. The Morgan fingerprint density at radius 1 is 0.944 bits per heavy atom. The van der Waals surface area contributed by atoms with Crippen molar-refractivity contribution < 1.29 is 34.1 Å². The molecule has 186 valence electrons. The van der Waals surface area contributed by atoms with Crippen LogP contribution in [0.15, 0.2) is 61.1 Å². The molecule has 0 radical (unpaired) electrons. The molecule has 11 heteroatoms. The molecule has 0 saturated heterocycles. The number of hydrogen-bond acceptors (Lipinski definition) is 6. The van der Waals surface area contributed by atoms with Crippen molar-refractivity contribution in [2.75, 3.05) is 6.61 Å². The zero-order valence-electron chi connectivity index (χ0n) is 19.0. The lowest BCUT2D eigenvalue weighted by molar-refractivity contribution is -0.142. The first-order chi connectivity index (χ1) is 17.3. The number of carbonyl (C=O) groups excluding carboxylic acids is 2. The van der Waals surface area contributed by atoms with E-state index in [0.29, 0.717) is 5.69 Å². The molecule has 1 aliphatic rings. The Balaban J connectivity index is 1.41. The van der Waals surface area contributed by atoms with Crippen molar-refractivity contribution in [3.05, 3.63) is 77.9 Å². The minimum atomic E-state index is -1.54. The number of aliphatic carboxylic acids is 2. The summed E-state index contributed by atoms with van der Waals surface area (Å²) >= 11 is 0. The van der Waals surface area contributed by atoms with Gasteiger partial charge >= 0.3 is 18.0 Å². The van der Waals surface area contributed by atoms with Gasteiger partial charge in [-0.1, -0.05) is 48.5 Å². The van der Waals surface area contributed by atoms with Crippen LogP contribution in [0.3, 0.4) is 0 Å². The molecule has 36 heavy (non-hydrogen) atoms. The quantitative estimate of drug-likeness (QED) is 0.286. The van der Waals surface area contributed by atoms with Crippen LogP contribution in [-0.2, 0) is 25.5 Å². The van der Waals surface area contributed by atoms with Gasteiger partial charge in [0.15, 0.2) is 0 Å². The Labute approximate surface area is 205 Å². The number of ether oxygens (including phenoxy) is 1. The van der Waals surface area contributed by atoms with E-state index in [0.717, 1.165) is 22.3 Å². The Kier molecular flexibility index (Phi) is 7.28. The fourth-order valence-corrected chi connectivity index (χ4v) is 4.25. The molecule has 1 aromatic heterocycles. The van der Waals surface area contributed by atoms with Gasteiger partial charge in [0.1, 0.15) is 18.7 Å². The lowest BCUT2D eigenvalue weighted by Gasteiger charge is -2.21. The highest BCUT2D eigenvalue weighted by Crippen LogP contribution is 2.44. The molecule has 3 aromatic rings. The highest BCUT2D eigenvalue weighted by Gasteiger charge is 2.31. The second-order valence-corrected chi connectivity index (χ2v) is 8.28. The minimum Gasteiger partial charge on any atom is -0.481 e. The summed E-state index contributed by atoms with van der Waals surface area (Å²) in [6, 6.07) is 12.6. The lowest BCUT2D eigenvalue weighted by Crippen LogP contribution is -2.53. The number of nitrogens with one attached hydrogen (secondary N) is 3. The number of H-pyrrole nitrogens is 1. The number of amides is 2. The lowest BCUT2D eigenvalue weighted by atomic mass is 9.98. The molecule has 4 rings (SSSR count). The molecule has 0 fully saturated rings. The summed E-state index contributed by atoms with van der Waals surface area (Å²) in [6.45, 7) is -0.0296. The van der Waals surface area contributed by atoms with Crippen LogP contribution in [0.1, 0.15) is 29.2 Å². The molecule has 2 aromatic carbocycles. The van der Waals surface area contributed by atoms with Crippen molar-refractivity contribution in [2.24, 2.45) is 0 Å². The van der Waals surface area contributed by atoms with E-state index in [2.05, 4.69) is 20.6 Å². The van der Waals surface area contributed by atoms with Crippen LogP contribution in [0.2, 0.25) is 0 Å². The first-order valence-electron chi connectivity index (χ1n) is 11.2. The SMILES string of the molecule is O=C(O)C[C@H](NC(=O)OCC1c2ccccc2-c2ccccc21)C(=O)N[C@@H](Cc1c[nH]cn1)C(=O)O. The van der Waals surface area contributed by atoms with Crippen LogP contribution >= 0.6 is 0 Å². The molecular formula is C25H24N4O7. The van der Waals surface area contributed by atoms with Crippen molar-refractivity contribution in [3.63, 3.8) is 0 Å². The summed E-state index contributed by atoms with van der Waals surface area (Å²) < 4.78 is 5.39. The van der Waals surface area contributed by atoms with Gasteiger partial charge in [0.05, 0.1) is 18.4 Å². The maximum atomic E-state index is 12.7. The van der Waals surface area contributed by atoms with E-state index in [4.69, 9.17) is 4.74 Å². The van der Waals surface area contributed by atoms with Crippen molar-refractivity contribution in [2.45, 2.75) is 30.8 Å². The molecule has 11 nitrogen and oxygen atoms in total. The number of hydrogen-bond donors (Lipinski definition) is 5. The topological polar surface area (TPSA) is 171 Å². The van der Waals surface area contributed by atoms with Crippen LogP contribution in [-0.4, -0.2) is 62.8 Å². The molecule has 2 amide bonds. The summed E-state index contributed by atoms with van der Waals surface area (Å²) in [7, 11) is 0. The minimum absolute atomic E-state index is 0.0296. The van der Waals surface area contributed by atoms with E-state index in [-0.39, 0.29) is 18.9 Å². The normalized spacial score (nSPS) is 13.7. The van der Waals surface area contributed by atoms with Crippen LogP contribution in [0.25, 0.3) is 11.1 Å². The number of carboxylic acids is 2. The largest absolute Gasteiger partial charge is 0.481 e. The average molecular weight is 492 g/mol. The van der Waals surface area contributed by atoms with E-state index in [1.165, 1.54) is 12.5 Å². The number of nitrogens with zero attached hydrogens (tertiary/aromatic N) is 1. The summed E-state index contributed by atoms with van der Waals surface area (Å²) in [5.74, 6) is -3.87. The van der Waals surface area contributed by atoms with Crippen molar-refractivity contribution in [3.8, 4) is 11.1 Å². The Hall–Kier alpha value is -4.67. The van der Waals surface area contributed by atoms with Crippen molar-refractivity contribution >= 4 is 23.9 Å². The smallest absolute Gasteiger partial charge is 0.407 e. The number of rotatable bonds is 10. The van der Waals surface area contributed by atoms with Crippen molar-refractivity contribution in [1.82, 2.24) is 20.6 Å². The zero-order valence-corrected chi connectivity index (χ0v) is 19.0. The van der Waals surface area contributed by atoms with Gasteiger partial charge in [-0.2, -0.15) is 0 Å². The van der Waals surface area contributed by atoms with Gasteiger partial charge < -0.3 is 30.6 Å². The number of carboxylic acid groups (broad SMARTS) is 2. The zero-order chi connectivity index (χ0) is 25.7. The van der Waals surface area contributed by atoms with Gasteiger partial charge in [0, 0.05) is 18.5 Å². The van der Waals surface area contributed by atoms with Gasteiger partial charge in [-0.05, 0) is 22.3 Å². The summed E-state index contributed by atoms with van der Waals surface area (Å²) in [5.41, 5.74) is 4.47. The maximum absolute atomic E-state index is 12.7. The number of aromatic nitrogens is 2. The van der Waals surface area contributed by atoms with Crippen LogP contribution < -0.4 is 10.6 Å². The van der Waals surface area contributed by atoms with Crippen LogP contribution in [0.5, 0.6) is 0 Å². The van der Waals surface area contributed by atoms with E-state index >= 15 is 0 Å². The standard InChI is InChI=1S/C25H24N4O7/c30-22(31)10-20(23(32)28-21(24(33)34)9-14-11-26-13-27-14)29-25(35)36-12-19-17-7-3-1-5-15(17)16-6-2-4-8-18(16)19/h1-8,11,13,19-21H,9-10,12H2,(H,26,27)(H,28,32)(H,29,35)(H,30,31)(H,33,34)/t20-,21-/m0/s1. The van der Waals surface area contributed by atoms with E-state index < -0.39 is 42.4 Å². The molecule has 0 bridgehead atoms. The fraction of sp³-hybridized carbons (Fsp3) is 0.240. The highest BCUT2D eigenvalue weighted by molar-refractivity contribution is 5.92. The molecule has 0 saturated carbocycles. The number of aromatic amines is 1. The van der Waals surface area contributed by atoms with E-state index in [9.17, 15) is 29.4 Å². The number of fused-ring (bicyclic) bond motifs is 3. The van der Waals surface area contributed by atoms with Crippen LogP contribution in [0.4, 0.5) is 4.79 Å². The predicted molar refractivity (Wildman–Crippen MR) is 126 cm³/mol. The Morgan fingerprint density at radius 2 is 1.58 bits per heavy atom. The highest BCUT2D eigenvalue weighted by atomic mass is 16.5. The number of benzene rings is 2. The van der Waals surface area contributed by atoms with Gasteiger partial charge in [-0.15, -0.1) is 0 Å². The molecule has 5 N–H and O–H groups in total. The molecule has 2 atom stereocenters. The molecule has 0 aliphatic heterocycles. The Bertz CT molecular complexity index is 1230. The monoisotopic (exact) mass is 492 g/mol. The molecule has 1 heterocycles. The summed E-state index contributed by atoms with van der Waals surface area (Å²) in [6.07, 6.45) is 0.964.